The van der Waals surface area contributed by atoms with E-state index < -0.39 is 10.0 Å². The topological polar surface area (TPSA) is 69.7 Å². The Bertz CT molecular complexity index is 1040. The number of nitrogens with zero attached hydrogens (tertiary/aromatic N) is 2. The number of sulfonamides is 1. The van der Waals surface area contributed by atoms with Crippen LogP contribution in [-0.4, -0.2) is 44.3 Å². The van der Waals surface area contributed by atoms with Gasteiger partial charge < -0.3 is 10.2 Å². The van der Waals surface area contributed by atoms with E-state index in [4.69, 9.17) is 0 Å². The monoisotopic (exact) mass is 413 g/mol. The molecule has 6 nitrogen and oxygen atoms in total. The van der Waals surface area contributed by atoms with Crippen molar-refractivity contribution in [3.8, 4) is 0 Å². The molecular weight excluding hydrogens is 386 g/mol. The Labute approximate surface area is 172 Å². The highest BCUT2D eigenvalue weighted by molar-refractivity contribution is 7.89. The van der Waals surface area contributed by atoms with Gasteiger partial charge in [-0.05, 0) is 68.1 Å². The van der Waals surface area contributed by atoms with Crippen LogP contribution in [0.15, 0.2) is 47.4 Å². The Balaban J connectivity index is 1.54. The summed E-state index contributed by atoms with van der Waals surface area (Å²) in [6.45, 7) is 5.69. The summed E-state index contributed by atoms with van der Waals surface area (Å²) >= 11 is 0. The molecule has 2 aromatic carbocycles. The normalized spacial score (nSPS) is 20.7. The molecule has 2 aliphatic rings. The minimum Gasteiger partial charge on any atom is -0.366 e. The number of benzene rings is 2. The summed E-state index contributed by atoms with van der Waals surface area (Å²) in [6, 6.07) is 13.5. The van der Waals surface area contributed by atoms with E-state index in [1.807, 2.05) is 6.07 Å². The zero-order valence-electron chi connectivity index (χ0n) is 16.9. The van der Waals surface area contributed by atoms with Gasteiger partial charge in [0.2, 0.25) is 15.9 Å². The van der Waals surface area contributed by atoms with Crippen LogP contribution in [0.25, 0.3) is 0 Å². The van der Waals surface area contributed by atoms with Crippen molar-refractivity contribution in [3.63, 3.8) is 0 Å². The Morgan fingerprint density at radius 3 is 2.66 bits per heavy atom. The lowest BCUT2D eigenvalue weighted by Crippen LogP contribution is -2.53. The van der Waals surface area contributed by atoms with E-state index in [1.165, 1.54) is 5.56 Å². The third-order valence-electron chi connectivity index (χ3n) is 5.76. The number of fused-ring (bicyclic) bond motifs is 1. The first kappa shape index (κ1) is 19.9. The fourth-order valence-electron chi connectivity index (χ4n) is 4.19. The molecule has 7 heteroatoms. The van der Waals surface area contributed by atoms with Crippen LogP contribution in [0.3, 0.4) is 0 Å². The highest BCUT2D eigenvalue weighted by Gasteiger charge is 2.33. The van der Waals surface area contributed by atoms with Crippen LogP contribution in [0.2, 0.25) is 0 Å². The lowest BCUT2D eigenvalue weighted by molar-refractivity contribution is -0.116. The maximum Gasteiger partial charge on any atom is 0.243 e. The lowest BCUT2D eigenvalue weighted by Gasteiger charge is -2.40. The summed E-state index contributed by atoms with van der Waals surface area (Å²) in [7, 11) is -3.57. The summed E-state index contributed by atoms with van der Waals surface area (Å²) in [5.41, 5.74) is 3.95. The highest BCUT2D eigenvalue weighted by Crippen LogP contribution is 2.29. The standard InChI is InChI=1S/C22H27N3O3S/c1-16-5-3-7-19(13-16)25-12-11-24(15-17(25)2)29(27,28)20-9-10-21-18(14-20)6-4-8-22(26)23-21/h3,5,7,9-10,13-14,17H,4,6,8,11-12,15H2,1-2H3,(H,23,26)/t17-/m0/s1. The smallest absolute Gasteiger partial charge is 0.243 e. The van der Waals surface area contributed by atoms with Crippen molar-refractivity contribution in [2.24, 2.45) is 0 Å². The minimum absolute atomic E-state index is 0.0135. The third-order valence-corrected chi connectivity index (χ3v) is 7.62. The first-order valence-corrected chi connectivity index (χ1v) is 11.5. The van der Waals surface area contributed by atoms with Crippen LogP contribution in [-0.2, 0) is 21.2 Å². The molecular formula is C22H27N3O3S. The Kier molecular flexibility index (Phi) is 5.36. The average molecular weight is 414 g/mol. The second kappa shape index (κ2) is 7.80. The van der Waals surface area contributed by atoms with Crippen molar-refractivity contribution in [2.45, 2.75) is 44.0 Å². The number of anilines is 2. The van der Waals surface area contributed by atoms with E-state index in [-0.39, 0.29) is 11.9 Å². The maximum absolute atomic E-state index is 13.3. The molecule has 0 radical (unpaired) electrons. The number of rotatable bonds is 3. The average Bonchev–Trinajstić information content (AvgIpc) is 2.87. The van der Waals surface area contributed by atoms with Gasteiger partial charge in [-0.1, -0.05) is 12.1 Å². The van der Waals surface area contributed by atoms with Crippen LogP contribution in [0.1, 0.15) is 30.9 Å². The molecule has 2 aromatic rings. The van der Waals surface area contributed by atoms with E-state index in [2.05, 4.69) is 42.3 Å². The zero-order valence-corrected chi connectivity index (χ0v) is 17.7. The van der Waals surface area contributed by atoms with Crippen molar-refractivity contribution >= 4 is 27.3 Å². The molecule has 1 N–H and O–H groups in total. The molecule has 2 aliphatic heterocycles. The molecule has 2 heterocycles. The van der Waals surface area contributed by atoms with Gasteiger partial charge in [-0.3, -0.25) is 4.79 Å². The fraction of sp³-hybridized carbons (Fsp3) is 0.409. The third kappa shape index (κ3) is 4.02. The fourth-order valence-corrected chi connectivity index (χ4v) is 5.76. The SMILES string of the molecule is Cc1cccc(N2CCN(S(=O)(=O)c3ccc4c(c3)CCCC(=O)N4)C[C@@H]2C)c1. The van der Waals surface area contributed by atoms with Crippen molar-refractivity contribution in [1.82, 2.24) is 4.31 Å². The molecule has 29 heavy (non-hydrogen) atoms. The van der Waals surface area contributed by atoms with Gasteiger partial charge in [0.15, 0.2) is 0 Å². The van der Waals surface area contributed by atoms with Gasteiger partial charge in [0.05, 0.1) is 4.90 Å². The predicted molar refractivity (Wildman–Crippen MR) is 115 cm³/mol. The molecule has 1 fully saturated rings. The molecule has 1 saturated heterocycles. The molecule has 0 unspecified atom stereocenters. The van der Waals surface area contributed by atoms with Gasteiger partial charge in [0, 0.05) is 43.5 Å². The van der Waals surface area contributed by atoms with Crippen molar-refractivity contribution in [1.29, 1.82) is 0 Å². The van der Waals surface area contributed by atoms with E-state index in [0.717, 1.165) is 23.4 Å². The van der Waals surface area contributed by atoms with E-state index in [0.29, 0.717) is 37.4 Å². The Hall–Kier alpha value is -2.38. The molecule has 1 atom stereocenters. The lowest BCUT2D eigenvalue weighted by atomic mass is 10.1. The number of carbonyl (C=O) groups is 1. The van der Waals surface area contributed by atoms with Crippen LogP contribution in [0.4, 0.5) is 11.4 Å². The number of piperazine rings is 1. The van der Waals surface area contributed by atoms with Gasteiger partial charge >= 0.3 is 0 Å². The van der Waals surface area contributed by atoms with E-state index in [1.54, 1.807) is 22.5 Å². The summed E-state index contributed by atoms with van der Waals surface area (Å²) in [5.74, 6) is -0.0135. The number of nitrogens with one attached hydrogen (secondary N) is 1. The second-order valence-electron chi connectivity index (χ2n) is 7.97. The maximum atomic E-state index is 13.3. The highest BCUT2D eigenvalue weighted by atomic mass is 32.2. The van der Waals surface area contributed by atoms with E-state index in [9.17, 15) is 13.2 Å². The summed E-state index contributed by atoms with van der Waals surface area (Å²) in [4.78, 5) is 14.3. The van der Waals surface area contributed by atoms with Crippen LogP contribution >= 0.6 is 0 Å². The van der Waals surface area contributed by atoms with Crippen LogP contribution in [0.5, 0.6) is 0 Å². The molecule has 0 bridgehead atoms. The van der Waals surface area contributed by atoms with Gasteiger partial charge in [0.25, 0.3) is 0 Å². The second-order valence-corrected chi connectivity index (χ2v) is 9.90. The van der Waals surface area contributed by atoms with Crippen LogP contribution in [0, 0.1) is 6.92 Å². The molecule has 0 aromatic heterocycles. The molecule has 0 saturated carbocycles. The minimum atomic E-state index is -3.57. The number of carbonyl (C=O) groups excluding carboxylic acids is 1. The number of hydrogen-bond donors (Lipinski definition) is 1. The van der Waals surface area contributed by atoms with Gasteiger partial charge in [0.1, 0.15) is 0 Å². The zero-order chi connectivity index (χ0) is 20.6. The van der Waals surface area contributed by atoms with Crippen LogP contribution < -0.4 is 10.2 Å². The molecule has 0 spiro atoms. The Morgan fingerprint density at radius 2 is 1.90 bits per heavy atom. The van der Waals surface area contributed by atoms with Gasteiger partial charge in [-0.15, -0.1) is 0 Å². The molecule has 1 amide bonds. The largest absolute Gasteiger partial charge is 0.366 e. The Morgan fingerprint density at radius 1 is 1.07 bits per heavy atom. The molecule has 4 rings (SSSR count). The van der Waals surface area contributed by atoms with Crippen molar-refractivity contribution < 1.29 is 13.2 Å². The summed E-state index contributed by atoms with van der Waals surface area (Å²) in [5, 5.41) is 2.86. The van der Waals surface area contributed by atoms with Gasteiger partial charge in [-0.2, -0.15) is 4.31 Å². The first-order valence-electron chi connectivity index (χ1n) is 10.1. The first-order chi connectivity index (χ1) is 13.8. The number of aryl methyl sites for hydroxylation is 2. The predicted octanol–water partition coefficient (Wildman–Crippen LogP) is 3.17. The molecule has 154 valence electrons. The van der Waals surface area contributed by atoms with Gasteiger partial charge in [-0.25, -0.2) is 8.42 Å². The van der Waals surface area contributed by atoms with Crippen molar-refractivity contribution in [3.05, 3.63) is 53.6 Å². The quantitative estimate of drug-likeness (QED) is 0.839. The number of amides is 1. The number of hydrogen-bond acceptors (Lipinski definition) is 4. The summed E-state index contributed by atoms with van der Waals surface area (Å²) < 4.78 is 28.2. The molecule has 0 aliphatic carbocycles. The van der Waals surface area contributed by atoms with Crippen molar-refractivity contribution in [2.75, 3.05) is 29.9 Å². The van der Waals surface area contributed by atoms with E-state index >= 15 is 0 Å². The summed E-state index contributed by atoms with van der Waals surface area (Å²) in [6.07, 6.45) is 1.90.